The van der Waals surface area contributed by atoms with Gasteiger partial charge in [0.2, 0.25) is 0 Å². The second-order valence-electron chi connectivity index (χ2n) is 5.87. The standard InChI is InChI=1S/C18H34O2/c1-3-4-5-6-7-8-9-10-11-12-13-14-15-16-17(2)18(19)20/h16H,3-15H2,1-2H3,(H,19,20)/b17-16+. The zero-order valence-electron chi connectivity index (χ0n) is 13.6. The molecule has 2 nitrogen and oxygen atoms in total. The first-order chi connectivity index (χ1) is 9.68. The molecule has 0 aromatic heterocycles. The molecule has 0 aliphatic rings. The highest BCUT2D eigenvalue weighted by Gasteiger charge is 1.98. The van der Waals surface area contributed by atoms with Crippen molar-refractivity contribution in [1.29, 1.82) is 0 Å². The van der Waals surface area contributed by atoms with Crippen LogP contribution in [-0.2, 0) is 4.79 Å². The second kappa shape index (κ2) is 14.6. The highest BCUT2D eigenvalue weighted by atomic mass is 16.4. The summed E-state index contributed by atoms with van der Waals surface area (Å²) in [5.74, 6) is -0.788. The van der Waals surface area contributed by atoms with Crippen molar-refractivity contribution in [3.63, 3.8) is 0 Å². The van der Waals surface area contributed by atoms with Crippen LogP contribution in [0.3, 0.4) is 0 Å². The average molecular weight is 282 g/mol. The van der Waals surface area contributed by atoms with Gasteiger partial charge in [-0.05, 0) is 19.8 Å². The second-order valence-corrected chi connectivity index (χ2v) is 5.87. The predicted molar refractivity (Wildman–Crippen MR) is 87.1 cm³/mol. The highest BCUT2D eigenvalue weighted by molar-refractivity contribution is 5.85. The maximum Gasteiger partial charge on any atom is 0.330 e. The quantitative estimate of drug-likeness (QED) is 0.308. The molecule has 0 unspecified atom stereocenters. The van der Waals surface area contributed by atoms with E-state index in [1.807, 2.05) is 6.08 Å². The monoisotopic (exact) mass is 282 g/mol. The van der Waals surface area contributed by atoms with Gasteiger partial charge in [0.05, 0.1) is 0 Å². The Morgan fingerprint density at radius 1 is 0.800 bits per heavy atom. The Kier molecular flexibility index (Phi) is 14.0. The van der Waals surface area contributed by atoms with Crippen LogP contribution in [0.25, 0.3) is 0 Å². The molecule has 0 radical (unpaired) electrons. The highest BCUT2D eigenvalue weighted by Crippen LogP contribution is 2.12. The molecule has 0 saturated carbocycles. The minimum Gasteiger partial charge on any atom is -0.478 e. The van der Waals surface area contributed by atoms with E-state index in [1.54, 1.807) is 6.92 Å². The zero-order chi connectivity index (χ0) is 15.1. The molecule has 0 fully saturated rings. The van der Waals surface area contributed by atoms with E-state index in [9.17, 15) is 4.79 Å². The predicted octanol–water partition coefficient (Wildman–Crippen LogP) is 6.11. The van der Waals surface area contributed by atoms with Gasteiger partial charge in [-0.3, -0.25) is 0 Å². The number of carboxylic acid groups (broad SMARTS) is 1. The van der Waals surface area contributed by atoms with Crippen molar-refractivity contribution in [1.82, 2.24) is 0 Å². The van der Waals surface area contributed by atoms with Crippen LogP contribution >= 0.6 is 0 Å². The van der Waals surface area contributed by atoms with E-state index in [0.717, 1.165) is 12.8 Å². The van der Waals surface area contributed by atoms with Gasteiger partial charge >= 0.3 is 5.97 Å². The van der Waals surface area contributed by atoms with Gasteiger partial charge in [-0.1, -0.05) is 83.6 Å². The molecule has 0 atom stereocenters. The molecular weight excluding hydrogens is 248 g/mol. The Labute approximate surface area is 125 Å². The molecule has 1 N–H and O–H groups in total. The van der Waals surface area contributed by atoms with Crippen molar-refractivity contribution in [2.24, 2.45) is 0 Å². The third-order valence-electron chi connectivity index (χ3n) is 3.85. The van der Waals surface area contributed by atoms with E-state index in [4.69, 9.17) is 5.11 Å². The minimum absolute atomic E-state index is 0.480. The SMILES string of the molecule is CCCCCCCCCCCCCC/C=C(\C)C(=O)O. The molecule has 0 aliphatic heterocycles. The Balaban J connectivity index is 3.14. The molecule has 20 heavy (non-hydrogen) atoms. The van der Waals surface area contributed by atoms with Crippen LogP contribution in [0.1, 0.15) is 97.3 Å². The van der Waals surface area contributed by atoms with Gasteiger partial charge in [0.15, 0.2) is 0 Å². The maximum absolute atomic E-state index is 10.6. The fourth-order valence-corrected chi connectivity index (χ4v) is 2.39. The third-order valence-corrected chi connectivity index (χ3v) is 3.85. The fraction of sp³-hybridized carbons (Fsp3) is 0.833. The van der Waals surface area contributed by atoms with Gasteiger partial charge in [0.25, 0.3) is 0 Å². The van der Waals surface area contributed by atoms with Crippen LogP contribution in [0.5, 0.6) is 0 Å². The number of aliphatic carboxylic acids is 1. The minimum atomic E-state index is -0.788. The van der Waals surface area contributed by atoms with Gasteiger partial charge in [-0.25, -0.2) is 4.79 Å². The Morgan fingerprint density at radius 2 is 1.20 bits per heavy atom. The fourth-order valence-electron chi connectivity index (χ4n) is 2.39. The number of rotatable bonds is 14. The molecule has 0 rings (SSSR count). The molecule has 0 aromatic rings. The summed E-state index contributed by atoms with van der Waals surface area (Å²) >= 11 is 0. The van der Waals surface area contributed by atoms with E-state index in [1.165, 1.54) is 70.6 Å². The number of hydrogen-bond acceptors (Lipinski definition) is 1. The number of hydrogen-bond donors (Lipinski definition) is 1. The first kappa shape index (κ1) is 19.2. The molecule has 0 heterocycles. The molecule has 118 valence electrons. The van der Waals surface area contributed by atoms with Crippen LogP contribution in [0.15, 0.2) is 11.6 Å². The maximum atomic E-state index is 10.6. The topological polar surface area (TPSA) is 37.3 Å². The van der Waals surface area contributed by atoms with Crippen molar-refractivity contribution in [2.45, 2.75) is 97.3 Å². The zero-order valence-corrected chi connectivity index (χ0v) is 13.6. The Hall–Kier alpha value is -0.790. The molecule has 0 saturated heterocycles. The Bertz CT molecular complexity index is 256. The molecule has 0 spiro atoms. The molecule has 0 aliphatic carbocycles. The van der Waals surface area contributed by atoms with Gasteiger partial charge < -0.3 is 5.11 Å². The van der Waals surface area contributed by atoms with E-state index in [0.29, 0.717) is 5.57 Å². The molecule has 2 heteroatoms. The smallest absolute Gasteiger partial charge is 0.330 e. The summed E-state index contributed by atoms with van der Waals surface area (Å²) in [6.07, 6.45) is 18.9. The lowest BCUT2D eigenvalue weighted by Crippen LogP contribution is -1.95. The van der Waals surface area contributed by atoms with Crippen LogP contribution < -0.4 is 0 Å². The van der Waals surface area contributed by atoms with E-state index >= 15 is 0 Å². The number of allylic oxidation sites excluding steroid dienone is 1. The summed E-state index contributed by atoms with van der Waals surface area (Å²) in [4.78, 5) is 10.6. The number of carboxylic acids is 1. The van der Waals surface area contributed by atoms with Crippen LogP contribution in [0.4, 0.5) is 0 Å². The van der Waals surface area contributed by atoms with Crippen molar-refractivity contribution >= 4 is 5.97 Å². The number of unbranched alkanes of at least 4 members (excludes halogenated alkanes) is 12. The molecule has 0 amide bonds. The van der Waals surface area contributed by atoms with Gasteiger partial charge in [0, 0.05) is 5.57 Å². The number of carbonyl (C=O) groups is 1. The first-order valence-corrected chi connectivity index (χ1v) is 8.58. The summed E-state index contributed by atoms with van der Waals surface area (Å²) in [7, 11) is 0. The van der Waals surface area contributed by atoms with Gasteiger partial charge in [-0.15, -0.1) is 0 Å². The van der Waals surface area contributed by atoms with E-state index in [-0.39, 0.29) is 0 Å². The van der Waals surface area contributed by atoms with Crippen LogP contribution in [0, 0.1) is 0 Å². The summed E-state index contributed by atoms with van der Waals surface area (Å²) in [6, 6.07) is 0. The van der Waals surface area contributed by atoms with E-state index < -0.39 is 5.97 Å². The van der Waals surface area contributed by atoms with Crippen molar-refractivity contribution in [2.75, 3.05) is 0 Å². The average Bonchev–Trinajstić information content (AvgIpc) is 2.43. The summed E-state index contributed by atoms with van der Waals surface area (Å²) in [6.45, 7) is 3.93. The molecule has 0 bridgehead atoms. The van der Waals surface area contributed by atoms with Crippen molar-refractivity contribution < 1.29 is 9.90 Å². The lowest BCUT2D eigenvalue weighted by molar-refractivity contribution is -0.132. The summed E-state index contributed by atoms with van der Waals surface area (Å²) < 4.78 is 0. The normalized spacial score (nSPS) is 11.8. The van der Waals surface area contributed by atoms with Crippen molar-refractivity contribution in [3.05, 3.63) is 11.6 Å². The van der Waals surface area contributed by atoms with Gasteiger partial charge in [-0.2, -0.15) is 0 Å². The molecular formula is C18H34O2. The lowest BCUT2D eigenvalue weighted by atomic mass is 10.0. The third kappa shape index (κ3) is 13.6. The molecule has 0 aromatic carbocycles. The lowest BCUT2D eigenvalue weighted by Gasteiger charge is -2.02. The van der Waals surface area contributed by atoms with Crippen LogP contribution in [0.2, 0.25) is 0 Å². The largest absolute Gasteiger partial charge is 0.478 e. The van der Waals surface area contributed by atoms with Crippen molar-refractivity contribution in [3.8, 4) is 0 Å². The van der Waals surface area contributed by atoms with Crippen LogP contribution in [-0.4, -0.2) is 11.1 Å². The van der Waals surface area contributed by atoms with E-state index in [2.05, 4.69) is 6.92 Å². The first-order valence-electron chi connectivity index (χ1n) is 8.58. The Morgan fingerprint density at radius 3 is 1.60 bits per heavy atom. The summed E-state index contributed by atoms with van der Waals surface area (Å²) in [5.41, 5.74) is 0.480. The summed E-state index contributed by atoms with van der Waals surface area (Å²) in [5, 5.41) is 8.70. The van der Waals surface area contributed by atoms with Gasteiger partial charge in [0.1, 0.15) is 0 Å².